The fraction of sp³-hybridized carbons (Fsp3) is 0.765. The highest BCUT2D eigenvalue weighted by Crippen LogP contribution is 2.28. The monoisotopic (exact) mass is 337 g/mol. The molecule has 2 heterocycles. The molecule has 5 nitrogen and oxygen atoms in total. The van der Waals surface area contributed by atoms with Gasteiger partial charge in [0.2, 0.25) is 0 Å². The summed E-state index contributed by atoms with van der Waals surface area (Å²) in [6.07, 6.45) is 4.65. The zero-order valence-corrected chi connectivity index (χ0v) is 15.1. The first-order valence-electron chi connectivity index (χ1n) is 8.54. The first-order chi connectivity index (χ1) is 10.9. The van der Waals surface area contributed by atoms with Crippen molar-refractivity contribution in [1.29, 1.82) is 0 Å². The second-order valence-corrected chi connectivity index (χ2v) is 8.70. The number of piperazine rings is 1. The summed E-state index contributed by atoms with van der Waals surface area (Å²) in [5.74, 6) is 0.102. The minimum Gasteiger partial charge on any atom is -0.391 e. The van der Waals surface area contributed by atoms with E-state index in [1.807, 2.05) is 4.90 Å². The zero-order valence-electron chi connectivity index (χ0n) is 14.3. The van der Waals surface area contributed by atoms with Crippen LogP contribution < -0.4 is 0 Å². The van der Waals surface area contributed by atoms with E-state index in [9.17, 15) is 9.90 Å². The lowest BCUT2D eigenvalue weighted by atomic mass is 9.98. The molecule has 3 rings (SSSR count). The quantitative estimate of drug-likeness (QED) is 0.898. The number of aliphatic hydroxyl groups is 1. The number of thiazole rings is 1. The molecule has 0 bridgehead atoms. The van der Waals surface area contributed by atoms with Crippen LogP contribution >= 0.6 is 11.3 Å². The van der Waals surface area contributed by atoms with Crippen LogP contribution in [0.5, 0.6) is 0 Å². The smallest absolute Gasteiger partial charge is 0.265 e. The first-order valence-corrected chi connectivity index (χ1v) is 9.35. The zero-order chi connectivity index (χ0) is 16.6. The number of carbonyl (C=O) groups excluding carboxylic acids is 1. The van der Waals surface area contributed by atoms with E-state index in [0.29, 0.717) is 6.04 Å². The van der Waals surface area contributed by atoms with Gasteiger partial charge in [-0.25, -0.2) is 4.98 Å². The van der Waals surface area contributed by atoms with Gasteiger partial charge >= 0.3 is 0 Å². The fourth-order valence-corrected chi connectivity index (χ4v) is 4.42. The van der Waals surface area contributed by atoms with Gasteiger partial charge < -0.3 is 10.0 Å². The second kappa shape index (κ2) is 6.49. The molecular weight excluding hydrogens is 310 g/mol. The Morgan fingerprint density at radius 2 is 1.96 bits per heavy atom. The highest BCUT2D eigenvalue weighted by atomic mass is 32.1. The van der Waals surface area contributed by atoms with Crippen LogP contribution in [0.2, 0.25) is 0 Å². The topological polar surface area (TPSA) is 56.7 Å². The summed E-state index contributed by atoms with van der Waals surface area (Å²) in [5, 5.41) is 11.1. The molecule has 23 heavy (non-hydrogen) atoms. The first kappa shape index (κ1) is 16.9. The van der Waals surface area contributed by atoms with Crippen LogP contribution in [0.15, 0.2) is 6.20 Å². The number of aliphatic hydroxyl groups excluding tert-OH is 1. The maximum absolute atomic E-state index is 12.7. The number of nitrogens with zero attached hydrogens (tertiary/aromatic N) is 3. The van der Waals surface area contributed by atoms with Gasteiger partial charge in [0.05, 0.1) is 17.3 Å². The standard InChI is InChI=1S/C17H27N3O2S/c1-17(2,3)16-18-11-14(23-16)15(22)20-9-7-19(8-10-20)12-5-4-6-13(12)21/h11-13,21H,4-10H2,1-3H3/t12-,13-/m0/s1. The van der Waals surface area contributed by atoms with Crippen molar-refractivity contribution >= 4 is 17.2 Å². The molecule has 2 aliphatic rings. The van der Waals surface area contributed by atoms with E-state index < -0.39 is 0 Å². The third-order valence-corrected chi connectivity index (χ3v) is 6.28. The Kier molecular flexibility index (Phi) is 4.76. The molecule has 1 saturated carbocycles. The predicted molar refractivity (Wildman–Crippen MR) is 91.9 cm³/mol. The van der Waals surface area contributed by atoms with Gasteiger partial charge in [0.1, 0.15) is 4.88 Å². The molecule has 1 aromatic heterocycles. The number of carbonyl (C=O) groups is 1. The molecule has 1 amide bonds. The van der Waals surface area contributed by atoms with E-state index in [0.717, 1.165) is 55.3 Å². The summed E-state index contributed by atoms with van der Waals surface area (Å²) >= 11 is 1.51. The minimum atomic E-state index is -0.187. The van der Waals surface area contributed by atoms with Gasteiger partial charge in [-0.15, -0.1) is 11.3 Å². The number of rotatable bonds is 2. The largest absolute Gasteiger partial charge is 0.391 e. The van der Waals surface area contributed by atoms with Gasteiger partial charge in [0, 0.05) is 37.6 Å². The molecule has 1 N–H and O–H groups in total. The predicted octanol–water partition coefficient (Wildman–Crippen LogP) is 2.11. The lowest BCUT2D eigenvalue weighted by Crippen LogP contribution is -2.53. The molecule has 2 atom stereocenters. The van der Waals surface area contributed by atoms with Crippen molar-refractivity contribution in [1.82, 2.24) is 14.8 Å². The SMILES string of the molecule is CC(C)(C)c1ncc(C(=O)N2CCN([C@H]3CCC[C@@H]3O)CC2)s1. The Morgan fingerprint density at radius 1 is 1.26 bits per heavy atom. The Balaban J connectivity index is 1.59. The van der Waals surface area contributed by atoms with Gasteiger partial charge in [-0.3, -0.25) is 9.69 Å². The molecule has 1 saturated heterocycles. The third-order valence-electron chi connectivity index (χ3n) is 4.87. The number of hydrogen-bond donors (Lipinski definition) is 1. The second-order valence-electron chi connectivity index (χ2n) is 7.67. The molecule has 0 unspecified atom stereocenters. The molecular formula is C17H27N3O2S. The molecule has 0 radical (unpaired) electrons. The summed E-state index contributed by atoms with van der Waals surface area (Å²) in [6, 6.07) is 0.295. The van der Waals surface area contributed by atoms with Gasteiger partial charge in [0.15, 0.2) is 0 Å². The van der Waals surface area contributed by atoms with Gasteiger partial charge in [-0.2, -0.15) is 0 Å². The minimum absolute atomic E-state index is 0.0134. The van der Waals surface area contributed by atoms with Crippen LogP contribution in [-0.4, -0.2) is 64.1 Å². The summed E-state index contributed by atoms with van der Waals surface area (Å²) in [5.41, 5.74) is -0.0134. The average molecular weight is 337 g/mol. The van der Waals surface area contributed by atoms with Crippen molar-refractivity contribution in [2.45, 2.75) is 57.6 Å². The molecule has 6 heteroatoms. The highest BCUT2D eigenvalue weighted by Gasteiger charge is 2.34. The van der Waals surface area contributed by atoms with E-state index in [1.165, 1.54) is 11.3 Å². The van der Waals surface area contributed by atoms with Crippen molar-refractivity contribution < 1.29 is 9.90 Å². The fourth-order valence-electron chi connectivity index (χ4n) is 3.48. The van der Waals surface area contributed by atoms with Crippen LogP contribution in [-0.2, 0) is 5.41 Å². The Labute approximate surface area is 142 Å². The van der Waals surface area contributed by atoms with E-state index in [1.54, 1.807) is 6.20 Å². The van der Waals surface area contributed by atoms with E-state index in [4.69, 9.17) is 0 Å². The molecule has 0 aromatic carbocycles. The van der Waals surface area contributed by atoms with E-state index in [-0.39, 0.29) is 17.4 Å². The Morgan fingerprint density at radius 3 is 2.48 bits per heavy atom. The lowest BCUT2D eigenvalue weighted by Gasteiger charge is -2.38. The molecule has 2 fully saturated rings. The van der Waals surface area contributed by atoms with Crippen molar-refractivity contribution in [3.63, 3.8) is 0 Å². The highest BCUT2D eigenvalue weighted by molar-refractivity contribution is 7.13. The van der Waals surface area contributed by atoms with Gasteiger partial charge in [-0.1, -0.05) is 20.8 Å². The number of aromatic nitrogens is 1. The van der Waals surface area contributed by atoms with Crippen molar-refractivity contribution in [3.05, 3.63) is 16.1 Å². The van der Waals surface area contributed by atoms with Gasteiger partial charge in [0.25, 0.3) is 5.91 Å². The summed E-state index contributed by atoms with van der Waals surface area (Å²) in [4.78, 5) is 22.1. The van der Waals surface area contributed by atoms with Crippen LogP contribution in [0.1, 0.15) is 54.7 Å². The maximum atomic E-state index is 12.7. The number of hydrogen-bond acceptors (Lipinski definition) is 5. The van der Waals surface area contributed by atoms with E-state index >= 15 is 0 Å². The van der Waals surface area contributed by atoms with Crippen molar-refractivity contribution in [3.8, 4) is 0 Å². The molecule has 1 aliphatic heterocycles. The van der Waals surface area contributed by atoms with E-state index in [2.05, 4.69) is 30.7 Å². The van der Waals surface area contributed by atoms with Crippen molar-refractivity contribution in [2.24, 2.45) is 0 Å². The van der Waals surface area contributed by atoms with Crippen LogP contribution in [0.4, 0.5) is 0 Å². The Bertz CT molecular complexity index is 558. The maximum Gasteiger partial charge on any atom is 0.265 e. The molecule has 1 aromatic rings. The van der Waals surface area contributed by atoms with Crippen LogP contribution in [0.25, 0.3) is 0 Å². The van der Waals surface area contributed by atoms with Gasteiger partial charge in [-0.05, 0) is 19.3 Å². The summed E-state index contributed by atoms with van der Waals surface area (Å²) in [6.45, 7) is 9.55. The Hall–Kier alpha value is -0.980. The normalized spacial score (nSPS) is 26.7. The summed E-state index contributed by atoms with van der Waals surface area (Å²) in [7, 11) is 0. The van der Waals surface area contributed by atoms with Crippen molar-refractivity contribution in [2.75, 3.05) is 26.2 Å². The van der Waals surface area contributed by atoms with Crippen LogP contribution in [0, 0.1) is 0 Å². The average Bonchev–Trinajstić information content (AvgIpc) is 3.15. The summed E-state index contributed by atoms with van der Waals surface area (Å²) < 4.78 is 0. The molecule has 1 aliphatic carbocycles. The lowest BCUT2D eigenvalue weighted by molar-refractivity contribution is 0.0317. The van der Waals surface area contributed by atoms with Crippen LogP contribution in [0.3, 0.4) is 0 Å². The third kappa shape index (κ3) is 3.59. The molecule has 0 spiro atoms. The molecule has 128 valence electrons. The number of amides is 1.